The van der Waals surface area contributed by atoms with Gasteiger partial charge in [0.05, 0.1) is 6.54 Å². The molecule has 2 rings (SSSR count). The van der Waals surface area contributed by atoms with Gasteiger partial charge in [-0.15, -0.1) is 0 Å². The molecule has 0 aromatic heterocycles. The van der Waals surface area contributed by atoms with Crippen molar-refractivity contribution in [2.45, 2.75) is 38.3 Å². The maximum Gasteiger partial charge on any atom is 0.249 e. The van der Waals surface area contributed by atoms with Crippen LogP contribution in [0.1, 0.15) is 29.5 Å². The Labute approximate surface area is 164 Å². The summed E-state index contributed by atoms with van der Waals surface area (Å²) in [7, 11) is 0. The molecule has 0 saturated heterocycles. The molecule has 0 bridgehead atoms. The third kappa shape index (κ3) is 7.13. The minimum atomic E-state index is -1.13. The molecule has 0 aliphatic carbocycles. The van der Waals surface area contributed by atoms with Crippen LogP contribution in [-0.2, 0) is 29.0 Å². The first-order chi connectivity index (χ1) is 13.0. The number of rotatable bonds is 10. The van der Waals surface area contributed by atoms with Gasteiger partial charge in [0.25, 0.3) is 0 Å². The summed E-state index contributed by atoms with van der Waals surface area (Å²) in [5.74, 6) is -0.633. The smallest absolute Gasteiger partial charge is 0.249 e. The lowest BCUT2D eigenvalue weighted by atomic mass is 10.0. The Balaban J connectivity index is 1.73. The van der Waals surface area contributed by atoms with Crippen LogP contribution in [0.5, 0.6) is 0 Å². The van der Waals surface area contributed by atoms with Crippen LogP contribution in [0, 0.1) is 0 Å². The first-order valence-corrected chi connectivity index (χ1v) is 9.36. The number of ketones is 1. The topological polar surface area (TPSA) is 92.4 Å². The highest BCUT2D eigenvalue weighted by molar-refractivity contribution is 6.30. The zero-order valence-corrected chi connectivity index (χ0v) is 15.9. The van der Waals surface area contributed by atoms with Crippen LogP contribution < -0.4 is 11.1 Å². The molecular weight excluding hydrogens is 364 g/mol. The van der Waals surface area contributed by atoms with E-state index >= 15 is 0 Å². The van der Waals surface area contributed by atoms with Crippen molar-refractivity contribution in [2.75, 3.05) is 6.54 Å². The highest BCUT2D eigenvalue weighted by Crippen LogP contribution is 2.17. The molecule has 2 aromatic carbocycles. The van der Waals surface area contributed by atoms with E-state index in [-0.39, 0.29) is 18.7 Å². The number of carbonyl (C=O) groups excluding carboxylic acids is 2. The lowest BCUT2D eigenvalue weighted by Gasteiger charge is -2.12. The Morgan fingerprint density at radius 1 is 1.07 bits per heavy atom. The van der Waals surface area contributed by atoms with Gasteiger partial charge < -0.3 is 16.2 Å². The van der Waals surface area contributed by atoms with Crippen molar-refractivity contribution in [3.63, 3.8) is 0 Å². The standard InChI is InChI=1S/C21H25ClN2O3/c22-18-9-7-17(13-23)16(12-18)8-10-19(25)14-24-21(27)20(26)11-6-15-4-2-1-3-5-15/h1-5,7,9,12,20,26H,6,8,10-11,13-14,23H2,(H,24,27)/t20-/m1/s1. The first kappa shape index (κ1) is 21.1. The fourth-order valence-electron chi connectivity index (χ4n) is 2.77. The largest absolute Gasteiger partial charge is 0.383 e. The highest BCUT2D eigenvalue weighted by Gasteiger charge is 2.16. The van der Waals surface area contributed by atoms with Crippen LogP contribution in [0.2, 0.25) is 5.02 Å². The second-order valence-electron chi connectivity index (χ2n) is 6.41. The molecular formula is C21H25ClN2O3. The van der Waals surface area contributed by atoms with Crippen molar-refractivity contribution >= 4 is 23.3 Å². The van der Waals surface area contributed by atoms with Crippen LogP contribution in [0.4, 0.5) is 0 Å². The Kier molecular flexibility index (Phi) is 8.45. The van der Waals surface area contributed by atoms with Crippen molar-refractivity contribution < 1.29 is 14.7 Å². The van der Waals surface area contributed by atoms with Gasteiger partial charge in [0.15, 0.2) is 5.78 Å². The molecule has 0 aliphatic rings. The molecule has 6 heteroatoms. The molecule has 2 aromatic rings. The predicted octanol–water partition coefficient (Wildman–Crippen LogP) is 2.41. The average Bonchev–Trinajstić information content (AvgIpc) is 2.69. The number of hydrogen-bond donors (Lipinski definition) is 3. The normalized spacial score (nSPS) is 11.8. The molecule has 0 unspecified atom stereocenters. The minimum Gasteiger partial charge on any atom is -0.383 e. The summed E-state index contributed by atoms with van der Waals surface area (Å²) in [4.78, 5) is 24.0. The highest BCUT2D eigenvalue weighted by atomic mass is 35.5. The molecule has 5 nitrogen and oxygen atoms in total. The molecule has 144 valence electrons. The van der Waals surface area contributed by atoms with Gasteiger partial charge in [0.1, 0.15) is 6.10 Å². The van der Waals surface area contributed by atoms with Crippen molar-refractivity contribution in [1.29, 1.82) is 0 Å². The van der Waals surface area contributed by atoms with Gasteiger partial charge in [-0.05, 0) is 48.1 Å². The fourth-order valence-corrected chi connectivity index (χ4v) is 2.97. The van der Waals surface area contributed by atoms with E-state index < -0.39 is 12.0 Å². The van der Waals surface area contributed by atoms with Gasteiger partial charge in [-0.1, -0.05) is 48.0 Å². The Morgan fingerprint density at radius 2 is 1.81 bits per heavy atom. The van der Waals surface area contributed by atoms with Crippen molar-refractivity contribution in [3.05, 3.63) is 70.2 Å². The first-order valence-electron chi connectivity index (χ1n) is 8.98. The van der Waals surface area contributed by atoms with E-state index in [9.17, 15) is 14.7 Å². The molecule has 0 spiro atoms. The number of hydrogen-bond acceptors (Lipinski definition) is 4. The third-order valence-corrected chi connectivity index (χ3v) is 4.61. The molecule has 1 amide bonds. The van der Waals surface area contributed by atoms with Crippen LogP contribution in [-0.4, -0.2) is 29.4 Å². The molecule has 0 radical (unpaired) electrons. The number of halogens is 1. The molecule has 0 heterocycles. The second kappa shape index (κ2) is 10.8. The number of aliphatic hydroxyl groups is 1. The zero-order valence-electron chi connectivity index (χ0n) is 15.2. The number of nitrogens with one attached hydrogen (secondary N) is 1. The number of amides is 1. The summed E-state index contributed by atoms with van der Waals surface area (Å²) < 4.78 is 0. The fraction of sp³-hybridized carbons (Fsp3) is 0.333. The SMILES string of the molecule is NCc1ccc(Cl)cc1CCC(=O)CNC(=O)[C@H](O)CCc1ccccc1. The van der Waals surface area contributed by atoms with Crippen LogP contribution in [0.15, 0.2) is 48.5 Å². The summed E-state index contributed by atoms with van der Waals surface area (Å²) >= 11 is 5.99. The van der Waals surface area contributed by atoms with E-state index in [0.29, 0.717) is 30.8 Å². The van der Waals surface area contributed by atoms with Crippen molar-refractivity contribution in [3.8, 4) is 0 Å². The van der Waals surface area contributed by atoms with E-state index in [2.05, 4.69) is 5.32 Å². The van der Waals surface area contributed by atoms with Crippen molar-refractivity contribution in [2.24, 2.45) is 5.73 Å². The summed E-state index contributed by atoms with van der Waals surface area (Å²) in [6, 6.07) is 15.1. The summed E-state index contributed by atoms with van der Waals surface area (Å²) in [5.41, 5.74) is 8.64. The van der Waals surface area contributed by atoms with E-state index in [0.717, 1.165) is 16.7 Å². The van der Waals surface area contributed by atoms with Crippen LogP contribution in [0.25, 0.3) is 0 Å². The molecule has 1 atom stereocenters. The van der Waals surface area contributed by atoms with Gasteiger partial charge in [-0.25, -0.2) is 0 Å². The van der Waals surface area contributed by atoms with Gasteiger partial charge in [-0.2, -0.15) is 0 Å². The Hall–Kier alpha value is -2.21. The van der Waals surface area contributed by atoms with Gasteiger partial charge in [0, 0.05) is 18.0 Å². The Morgan fingerprint density at radius 3 is 2.52 bits per heavy atom. The van der Waals surface area contributed by atoms with Crippen LogP contribution in [0.3, 0.4) is 0 Å². The van der Waals surface area contributed by atoms with E-state index in [1.807, 2.05) is 42.5 Å². The van der Waals surface area contributed by atoms with E-state index in [4.69, 9.17) is 17.3 Å². The molecule has 0 saturated carbocycles. The number of Topliss-reactive ketones (excluding diaryl/α,β-unsaturated/α-hetero) is 1. The average molecular weight is 389 g/mol. The van der Waals surface area contributed by atoms with Gasteiger partial charge in [0.2, 0.25) is 5.91 Å². The third-order valence-electron chi connectivity index (χ3n) is 4.37. The maximum atomic E-state index is 12.0. The number of carbonyl (C=O) groups is 2. The van der Waals surface area contributed by atoms with E-state index in [1.54, 1.807) is 6.07 Å². The summed E-state index contributed by atoms with van der Waals surface area (Å²) in [6.45, 7) is 0.283. The van der Waals surface area contributed by atoms with E-state index in [1.165, 1.54) is 0 Å². The number of benzene rings is 2. The number of nitrogens with two attached hydrogens (primary N) is 1. The molecule has 27 heavy (non-hydrogen) atoms. The molecule has 0 aliphatic heterocycles. The number of aryl methyl sites for hydroxylation is 2. The molecule has 4 N–H and O–H groups in total. The van der Waals surface area contributed by atoms with Crippen LogP contribution >= 0.6 is 11.6 Å². The minimum absolute atomic E-state index is 0.0975. The predicted molar refractivity (Wildman–Crippen MR) is 106 cm³/mol. The van der Waals surface area contributed by atoms with Gasteiger partial charge in [-0.3, -0.25) is 9.59 Å². The monoisotopic (exact) mass is 388 g/mol. The molecule has 0 fully saturated rings. The maximum absolute atomic E-state index is 12.0. The lowest BCUT2D eigenvalue weighted by molar-refractivity contribution is -0.131. The summed E-state index contributed by atoms with van der Waals surface area (Å²) in [6.07, 6.45) is 0.563. The van der Waals surface area contributed by atoms with Crippen molar-refractivity contribution in [1.82, 2.24) is 5.32 Å². The quantitative estimate of drug-likeness (QED) is 0.582. The lowest BCUT2D eigenvalue weighted by Crippen LogP contribution is -2.38. The Bertz CT molecular complexity index is 765. The zero-order chi connectivity index (χ0) is 19.6. The number of aliphatic hydroxyl groups excluding tert-OH is 1. The van der Waals surface area contributed by atoms with Gasteiger partial charge >= 0.3 is 0 Å². The second-order valence-corrected chi connectivity index (χ2v) is 6.85. The summed E-state index contributed by atoms with van der Waals surface area (Å²) in [5, 5.41) is 13.1.